The Morgan fingerprint density at radius 3 is 2.74 bits per heavy atom. The van der Waals surface area contributed by atoms with Crippen LogP contribution < -0.4 is 15.4 Å². The lowest BCUT2D eigenvalue weighted by Gasteiger charge is -2.12. The van der Waals surface area contributed by atoms with Crippen LogP contribution in [0.15, 0.2) is 18.2 Å². The van der Waals surface area contributed by atoms with Crippen molar-refractivity contribution in [3.63, 3.8) is 0 Å². The number of methoxy groups -OCH3 is 1. The number of halogens is 1. The first-order valence-corrected chi connectivity index (χ1v) is 6.74. The van der Waals surface area contributed by atoms with E-state index in [1.54, 1.807) is 7.11 Å². The van der Waals surface area contributed by atoms with E-state index in [2.05, 4.69) is 10.6 Å². The van der Waals surface area contributed by atoms with Crippen LogP contribution in [0.4, 0.5) is 0 Å². The first-order chi connectivity index (χ1) is 9.06. The number of hydrogen-bond donors (Lipinski definition) is 2. The molecule has 0 radical (unpaired) electrons. The van der Waals surface area contributed by atoms with Crippen LogP contribution in [0.25, 0.3) is 0 Å². The fourth-order valence-electron chi connectivity index (χ4n) is 1.59. The summed E-state index contributed by atoms with van der Waals surface area (Å²) >= 11 is 6.12. The summed E-state index contributed by atoms with van der Waals surface area (Å²) in [5.41, 5.74) is 0.932. The van der Waals surface area contributed by atoms with Gasteiger partial charge in [-0.2, -0.15) is 0 Å². The Hall–Kier alpha value is -1.26. The van der Waals surface area contributed by atoms with Gasteiger partial charge in [-0.15, -0.1) is 0 Å². The number of carbonyl (C=O) groups excluding carboxylic acids is 1. The maximum absolute atomic E-state index is 11.4. The normalized spacial score (nSPS) is 10.6. The smallest absolute Gasteiger partial charge is 0.222 e. The van der Waals surface area contributed by atoms with Crippen molar-refractivity contribution in [2.75, 3.05) is 20.2 Å². The van der Waals surface area contributed by atoms with Crippen LogP contribution in [0.3, 0.4) is 0 Å². The maximum Gasteiger partial charge on any atom is 0.222 e. The number of nitrogens with one attached hydrogen (secondary N) is 2. The van der Waals surface area contributed by atoms with Crippen molar-refractivity contribution in [1.29, 1.82) is 0 Å². The van der Waals surface area contributed by atoms with Crippen molar-refractivity contribution < 1.29 is 9.53 Å². The Balaban J connectivity index is 2.36. The molecule has 0 unspecified atom stereocenters. The summed E-state index contributed by atoms with van der Waals surface area (Å²) in [5, 5.41) is 6.76. The van der Waals surface area contributed by atoms with Gasteiger partial charge < -0.3 is 15.4 Å². The van der Waals surface area contributed by atoms with E-state index in [4.69, 9.17) is 16.3 Å². The zero-order chi connectivity index (χ0) is 14.3. The molecule has 106 valence electrons. The lowest BCUT2D eigenvalue weighted by molar-refractivity contribution is -0.123. The van der Waals surface area contributed by atoms with E-state index >= 15 is 0 Å². The molecule has 0 fully saturated rings. The van der Waals surface area contributed by atoms with Gasteiger partial charge in [0.1, 0.15) is 5.75 Å². The first-order valence-electron chi connectivity index (χ1n) is 6.36. The molecule has 0 bridgehead atoms. The maximum atomic E-state index is 11.4. The van der Waals surface area contributed by atoms with E-state index in [1.165, 1.54) is 0 Å². The van der Waals surface area contributed by atoms with Crippen LogP contribution in [0, 0.1) is 5.92 Å². The van der Waals surface area contributed by atoms with E-state index in [9.17, 15) is 4.79 Å². The van der Waals surface area contributed by atoms with Crippen molar-refractivity contribution in [1.82, 2.24) is 10.6 Å². The molecule has 0 heterocycles. The van der Waals surface area contributed by atoms with Crippen LogP contribution in [0.1, 0.15) is 19.4 Å². The van der Waals surface area contributed by atoms with Crippen LogP contribution >= 0.6 is 11.6 Å². The SMILES string of the molecule is COc1cccc(Cl)c1CNCCNC(=O)C(C)C. The van der Waals surface area contributed by atoms with Gasteiger partial charge in [0, 0.05) is 36.1 Å². The van der Waals surface area contributed by atoms with Gasteiger partial charge >= 0.3 is 0 Å². The fraction of sp³-hybridized carbons (Fsp3) is 0.500. The second-order valence-electron chi connectivity index (χ2n) is 4.54. The predicted molar refractivity (Wildman–Crippen MR) is 77.6 cm³/mol. The highest BCUT2D eigenvalue weighted by Gasteiger charge is 2.07. The zero-order valence-corrected chi connectivity index (χ0v) is 12.4. The Kier molecular flexibility index (Phi) is 6.67. The topological polar surface area (TPSA) is 50.4 Å². The molecule has 0 aliphatic carbocycles. The second-order valence-corrected chi connectivity index (χ2v) is 4.95. The van der Waals surface area contributed by atoms with E-state index in [1.807, 2.05) is 32.0 Å². The van der Waals surface area contributed by atoms with Crippen molar-refractivity contribution in [2.24, 2.45) is 5.92 Å². The average molecular weight is 285 g/mol. The Labute approximate surface area is 119 Å². The van der Waals surface area contributed by atoms with Gasteiger partial charge in [-0.3, -0.25) is 4.79 Å². The highest BCUT2D eigenvalue weighted by atomic mass is 35.5. The van der Waals surface area contributed by atoms with Gasteiger partial charge in [0.15, 0.2) is 0 Å². The highest BCUT2D eigenvalue weighted by molar-refractivity contribution is 6.31. The summed E-state index contributed by atoms with van der Waals surface area (Å²) < 4.78 is 5.26. The number of carbonyl (C=O) groups is 1. The molecule has 0 aromatic heterocycles. The molecule has 0 aliphatic heterocycles. The Morgan fingerprint density at radius 2 is 2.11 bits per heavy atom. The molecule has 5 heteroatoms. The van der Waals surface area contributed by atoms with Crippen molar-refractivity contribution in [3.8, 4) is 5.75 Å². The third kappa shape index (κ3) is 5.09. The first kappa shape index (κ1) is 15.8. The van der Waals surface area contributed by atoms with Gasteiger partial charge in [0.05, 0.1) is 7.11 Å². The minimum Gasteiger partial charge on any atom is -0.496 e. The van der Waals surface area contributed by atoms with Gasteiger partial charge in [-0.25, -0.2) is 0 Å². The molecule has 0 atom stereocenters. The van der Waals surface area contributed by atoms with Gasteiger partial charge in [0.25, 0.3) is 0 Å². The predicted octanol–water partition coefficient (Wildman–Crippen LogP) is 2.21. The standard InChI is InChI=1S/C14H21ClN2O2/c1-10(2)14(18)17-8-7-16-9-11-12(15)5-4-6-13(11)19-3/h4-6,10,16H,7-9H2,1-3H3,(H,17,18). The van der Waals surface area contributed by atoms with Crippen LogP contribution in [-0.4, -0.2) is 26.1 Å². The summed E-state index contributed by atoms with van der Waals surface area (Å²) in [4.78, 5) is 11.4. The minimum absolute atomic E-state index is 0.0173. The summed E-state index contributed by atoms with van der Waals surface area (Å²) in [7, 11) is 1.62. The molecule has 0 spiro atoms. The molecule has 4 nitrogen and oxygen atoms in total. The van der Waals surface area contributed by atoms with Crippen molar-refractivity contribution in [2.45, 2.75) is 20.4 Å². The van der Waals surface area contributed by atoms with Crippen molar-refractivity contribution in [3.05, 3.63) is 28.8 Å². The largest absolute Gasteiger partial charge is 0.496 e. The average Bonchev–Trinajstić information content (AvgIpc) is 2.39. The number of ether oxygens (including phenoxy) is 1. The molecule has 0 saturated heterocycles. The van der Waals surface area contributed by atoms with Gasteiger partial charge in [0.2, 0.25) is 5.91 Å². The number of hydrogen-bond acceptors (Lipinski definition) is 3. The van der Waals surface area contributed by atoms with Crippen LogP contribution in [0.5, 0.6) is 5.75 Å². The lowest BCUT2D eigenvalue weighted by Crippen LogP contribution is -2.34. The minimum atomic E-state index is 0.0173. The molecule has 1 rings (SSSR count). The van der Waals surface area contributed by atoms with Gasteiger partial charge in [-0.05, 0) is 12.1 Å². The van der Waals surface area contributed by atoms with Crippen LogP contribution in [0.2, 0.25) is 5.02 Å². The molecule has 0 saturated carbocycles. The number of amides is 1. The highest BCUT2D eigenvalue weighted by Crippen LogP contribution is 2.25. The molecule has 19 heavy (non-hydrogen) atoms. The van der Waals surface area contributed by atoms with E-state index < -0.39 is 0 Å². The summed E-state index contributed by atoms with van der Waals surface area (Å²) in [6, 6.07) is 5.57. The summed E-state index contributed by atoms with van der Waals surface area (Å²) in [6.45, 7) is 5.64. The quantitative estimate of drug-likeness (QED) is 0.755. The molecular formula is C14H21ClN2O2. The Morgan fingerprint density at radius 1 is 1.37 bits per heavy atom. The Bertz CT molecular complexity index is 422. The fourth-order valence-corrected chi connectivity index (χ4v) is 1.83. The third-order valence-electron chi connectivity index (χ3n) is 2.72. The molecular weight excluding hydrogens is 264 g/mol. The number of rotatable bonds is 7. The zero-order valence-electron chi connectivity index (χ0n) is 11.6. The monoisotopic (exact) mass is 284 g/mol. The molecule has 1 amide bonds. The van der Waals surface area contributed by atoms with Gasteiger partial charge in [-0.1, -0.05) is 31.5 Å². The molecule has 0 aliphatic rings. The molecule has 1 aromatic carbocycles. The lowest BCUT2D eigenvalue weighted by atomic mass is 10.2. The second kappa shape index (κ2) is 8.02. The summed E-state index contributed by atoms with van der Waals surface area (Å²) in [5.74, 6) is 0.854. The third-order valence-corrected chi connectivity index (χ3v) is 3.08. The number of benzene rings is 1. The van der Waals surface area contributed by atoms with Crippen molar-refractivity contribution >= 4 is 17.5 Å². The van der Waals surface area contributed by atoms with E-state index in [0.29, 0.717) is 24.7 Å². The van der Waals surface area contributed by atoms with Crippen LogP contribution in [-0.2, 0) is 11.3 Å². The summed E-state index contributed by atoms with van der Waals surface area (Å²) in [6.07, 6.45) is 0. The van der Waals surface area contributed by atoms with E-state index in [0.717, 1.165) is 11.3 Å². The molecule has 2 N–H and O–H groups in total. The molecule has 1 aromatic rings. The van der Waals surface area contributed by atoms with E-state index in [-0.39, 0.29) is 11.8 Å².